The monoisotopic (exact) mass is 375 g/mol. The van der Waals surface area contributed by atoms with Gasteiger partial charge in [-0.25, -0.2) is 0 Å². The van der Waals surface area contributed by atoms with E-state index in [0.717, 1.165) is 6.54 Å². The van der Waals surface area contributed by atoms with E-state index in [4.69, 9.17) is 0 Å². The molecule has 2 heterocycles. The zero-order chi connectivity index (χ0) is 18.6. The Morgan fingerprint density at radius 1 is 0.963 bits per heavy atom. The topological polar surface area (TPSA) is 7.12 Å². The molecule has 3 aromatic rings. The molecule has 0 saturated carbocycles. The quantitative estimate of drug-likeness (QED) is 0.371. The molecule has 0 fully saturated rings. The summed E-state index contributed by atoms with van der Waals surface area (Å²) in [7, 11) is 2.16. The number of nitrogens with zero attached hydrogens (tertiary/aromatic N) is 2. The molecule has 0 atom stereocenters. The van der Waals surface area contributed by atoms with Crippen LogP contribution in [0.1, 0.15) is 38.2 Å². The van der Waals surface area contributed by atoms with Gasteiger partial charge in [-0.1, -0.05) is 55.8 Å². The molecule has 0 spiro atoms. The van der Waals surface area contributed by atoms with Crippen molar-refractivity contribution in [3.8, 4) is 0 Å². The van der Waals surface area contributed by atoms with Crippen LogP contribution in [0.15, 0.2) is 70.7 Å². The number of thioether (sulfide) groups is 1. The van der Waals surface area contributed by atoms with E-state index in [-0.39, 0.29) is 0 Å². The van der Waals surface area contributed by atoms with Crippen molar-refractivity contribution < 1.29 is 4.57 Å². The van der Waals surface area contributed by atoms with Gasteiger partial charge in [0, 0.05) is 30.5 Å². The van der Waals surface area contributed by atoms with Crippen LogP contribution in [0.2, 0.25) is 0 Å². The van der Waals surface area contributed by atoms with Gasteiger partial charge < -0.3 is 4.90 Å². The Morgan fingerprint density at radius 3 is 2.63 bits per heavy atom. The first-order chi connectivity index (χ1) is 13.3. The number of anilines is 1. The zero-order valence-electron chi connectivity index (χ0n) is 16.2. The van der Waals surface area contributed by atoms with E-state index in [1.807, 2.05) is 11.8 Å². The number of rotatable bonds is 6. The Kier molecular flexibility index (Phi) is 5.49. The van der Waals surface area contributed by atoms with Crippen molar-refractivity contribution in [1.29, 1.82) is 0 Å². The number of para-hydroxylation sites is 2. The molecule has 1 aliphatic heterocycles. The normalized spacial score (nSPS) is 14.9. The van der Waals surface area contributed by atoms with Crippen LogP contribution in [-0.4, -0.2) is 7.05 Å². The van der Waals surface area contributed by atoms with Crippen LogP contribution >= 0.6 is 11.8 Å². The van der Waals surface area contributed by atoms with Crippen molar-refractivity contribution in [1.82, 2.24) is 0 Å². The Labute approximate surface area is 166 Å². The average molecular weight is 376 g/mol. The van der Waals surface area contributed by atoms with Gasteiger partial charge in [0.1, 0.15) is 6.54 Å². The molecule has 0 bridgehead atoms. The van der Waals surface area contributed by atoms with Crippen LogP contribution in [0, 0.1) is 0 Å². The van der Waals surface area contributed by atoms with Crippen molar-refractivity contribution in [2.75, 3.05) is 11.9 Å². The number of unbranched alkanes of at least 4 members (excludes halogenated alkanes) is 3. The number of hydrogen-bond acceptors (Lipinski definition) is 2. The molecule has 4 rings (SSSR count). The Hall–Kier alpha value is -2.26. The SMILES string of the molecule is CCCCCC[n+]1ccc(C=C2Sc3ccccc3N2C)c2ccccc21. The first-order valence-corrected chi connectivity index (χ1v) is 10.7. The second kappa shape index (κ2) is 8.18. The Bertz CT molecular complexity index is 977. The van der Waals surface area contributed by atoms with Crippen LogP contribution in [0.5, 0.6) is 0 Å². The lowest BCUT2D eigenvalue weighted by Gasteiger charge is -2.13. The highest BCUT2D eigenvalue weighted by Gasteiger charge is 2.22. The fraction of sp³-hybridized carbons (Fsp3) is 0.292. The van der Waals surface area contributed by atoms with Crippen LogP contribution in [0.25, 0.3) is 17.0 Å². The Balaban J connectivity index is 1.66. The first kappa shape index (κ1) is 18.1. The molecule has 0 aliphatic carbocycles. The summed E-state index contributed by atoms with van der Waals surface area (Å²) in [6.45, 7) is 3.36. The molecule has 0 N–H and O–H groups in total. The molecule has 0 unspecified atom stereocenters. The number of hydrogen-bond donors (Lipinski definition) is 0. The number of benzene rings is 2. The van der Waals surface area contributed by atoms with Crippen molar-refractivity contribution in [3.05, 3.63) is 71.4 Å². The summed E-state index contributed by atoms with van der Waals surface area (Å²) in [5.74, 6) is 0. The fourth-order valence-corrected chi connectivity index (χ4v) is 4.82. The molecule has 1 aliphatic rings. The Morgan fingerprint density at radius 2 is 1.78 bits per heavy atom. The fourth-order valence-electron chi connectivity index (χ4n) is 3.72. The van der Waals surface area contributed by atoms with Crippen molar-refractivity contribution in [2.45, 2.75) is 44.0 Å². The van der Waals surface area contributed by atoms with E-state index in [1.54, 1.807) is 0 Å². The summed E-state index contributed by atoms with van der Waals surface area (Å²) in [6.07, 6.45) is 9.75. The van der Waals surface area contributed by atoms with Gasteiger partial charge >= 0.3 is 0 Å². The molecule has 0 amide bonds. The van der Waals surface area contributed by atoms with E-state index in [9.17, 15) is 0 Å². The predicted molar refractivity (Wildman–Crippen MR) is 117 cm³/mol. The predicted octanol–water partition coefficient (Wildman–Crippen LogP) is 6.25. The van der Waals surface area contributed by atoms with E-state index < -0.39 is 0 Å². The highest BCUT2D eigenvalue weighted by molar-refractivity contribution is 8.03. The molecular weight excluding hydrogens is 348 g/mol. The summed E-state index contributed by atoms with van der Waals surface area (Å²) in [5, 5.41) is 2.61. The third kappa shape index (κ3) is 3.74. The lowest BCUT2D eigenvalue weighted by molar-refractivity contribution is -0.671. The number of fused-ring (bicyclic) bond motifs is 2. The molecule has 2 aromatic carbocycles. The molecule has 138 valence electrons. The van der Waals surface area contributed by atoms with Gasteiger partial charge in [0.25, 0.3) is 0 Å². The zero-order valence-corrected chi connectivity index (χ0v) is 17.0. The molecular formula is C24H27N2S+. The van der Waals surface area contributed by atoms with Crippen LogP contribution in [0.4, 0.5) is 5.69 Å². The first-order valence-electron chi connectivity index (χ1n) is 9.91. The summed E-state index contributed by atoms with van der Waals surface area (Å²) >= 11 is 1.85. The maximum Gasteiger partial charge on any atom is 0.213 e. The van der Waals surface area contributed by atoms with Gasteiger partial charge in [-0.2, -0.15) is 4.57 Å². The van der Waals surface area contributed by atoms with Gasteiger partial charge in [0.15, 0.2) is 6.20 Å². The maximum atomic E-state index is 2.41. The molecule has 0 saturated heterocycles. The van der Waals surface area contributed by atoms with Crippen LogP contribution in [-0.2, 0) is 6.54 Å². The minimum Gasteiger partial charge on any atom is -0.338 e. The lowest BCUT2D eigenvalue weighted by Crippen LogP contribution is -2.34. The highest BCUT2D eigenvalue weighted by Crippen LogP contribution is 2.45. The second-order valence-corrected chi connectivity index (χ2v) is 8.22. The van der Waals surface area contributed by atoms with Gasteiger partial charge in [0.05, 0.1) is 16.1 Å². The van der Waals surface area contributed by atoms with Crippen molar-refractivity contribution in [3.63, 3.8) is 0 Å². The molecule has 0 radical (unpaired) electrons. The van der Waals surface area contributed by atoms with Gasteiger partial charge in [-0.15, -0.1) is 0 Å². The molecule has 27 heavy (non-hydrogen) atoms. The van der Waals surface area contributed by atoms with Crippen molar-refractivity contribution in [2.24, 2.45) is 0 Å². The largest absolute Gasteiger partial charge is 0.338 e. The average Bonchev–Trinajstić information content (AvgIpc) is 3.02. The summed E-state index contributed by atoms with van der Waals surface area (Å²) < 4.78 is 2.41. The number of aromatic nitrogens is 1. The third-order valence-electron chi connectivity index (χ3n) is 5.26. The number of pyridine rings is 1. The molecule has 1 aromatic heterocycles. The summed E-state index contributed by atoms with van der Waals surface area (Å²) in [4.78, 5) is 3.62. The minimum absolute atomic E-state index is 1.09. The van der Waals surface area contributed by atoms with Crippen molar-refractivity contribution >= 4 is 34.4 Å². The third-order valence-corrected chi connectivity index (χ3v) is 6.43. The van der Waals surface area contributed by atoms with Crippen LogP contribution in [0.3, 0.4) is 0 Å². The van der Waals surface area contributed by atoms with E-state index in [0.29, 0.717) is 0 Å². The number of aryl methyl sites for hydroxylation is 1. The smallest absolute Gasteiger partial charge is 0.213 e. The highest BCUT2D eigenvalue weighted by atomic mass is 32.2. The van der Waals surface area contributed by atoms with E-state index >= 15 is 0 Å². The summed E-state index contributed by atoms with van der Waals surface area (Å²) in [5.41, 5.74) is 3.91. The van der Waals surface area contributed by atoms with E-state index in [2.05, 4.69) is 90.3 Å². The van der Waals surface area contributed by atoms with E-state index in [1.165, 1.54) is 57.8 Å². The minimum atomic E-state index is 1.09. The standard InChI is InChI=1S/C24H27N2S/c1-3-4-5-10-16-26-17-15-19(20-11-6-7-12-21(20)26)18-24-25(2)22-13-8-9-14-23(22)27-24/h6-9,11-15,17-18H,3-5,10,16H2,1-2H3/q+1. The molecule has 2 nitrogen and oxygen atoms in total. The van der Waals surface area contributed by atoms with Gasteiger partial charge in [-0.3, -0.25) is 0 Å². The lowest BCUT2D eigenvalue weighted by atomic mass is 10.1. The van der Waals surface area contributed by atoms with Gasteiger partial charge in [0.2, 0.25) is 5.52 Å². The van der Waals surface area contributed by atoms with Crippen LogP contribution < -0.4 is 9.47 Å². The second-order valence-electron chi connectivity index (χ2n) is 7.15. The maximum absolute atomic E-state index is 2.41. The molecule has 3 heteroatoms. The van der Waals surface area contributed by atoms with Gasteiger partial charge in [-0.05, 0) is 36.3 Å². The summed E-state index contributed by atoms with van der Waals surface area (Å²) in [6, 6.07) is 19.7.